The Hall–Kier alpha value is -4.01. The van der Waals surface area contributed by atoms with Gasteiger partial charge in [0.1, 0.15) is 0 Å². The van der Waals surface area contributed by atoms with Crippen LogP contribution in [0.15, 0.2) is 36.4 Å². The third kappa shape index (κ3) is 4.86. The summed E-state index contributed by atoms with van der Waals surface area (Å²) in [6.07, 6.45) is 0.335. The van der Waals surface area contributed by atoms with Crippen molar-refractivity contribution in [2.45, 2.75) is 65.0 Å². The van der Waals surface area contributed by atoms with Crippen LogP contribution in [0.3, 0.4) is 0 Å². The number of rotatable bonds is 10. The Labute approximate surface area is 207 Å². The quantitative estimate of drug-likeness (QED) is 0.341. The SMILES string of the molecule is CCCCC(=O)OC1OC(=O)c2cccc(C(=O)c3cccc4c3C(OC(=O)CCCC)OC4=O)c21. The summed E-state index contributed by atoms with van der Waals surface area (Å²) in [4.78, 5) is 63.1. The number of carbonyl (C=O) groups is 5. The Balaban J connectivity index is 1.70. The number of hydrogen-bond acceptors (Lipinski definition) is 9. The molecule has 0 saturated heterocycles. The lowest BCUT2D eigenvalue weighted by atomic mass is 9.91. The van der Waals surface area contributed by atoms with Gasteiger partial charge in [0.05, 0.1) is 22.3 Å². The van der Waals surface area contributed by atoms with Gasteiger partial charge in [-0.2, -0.15) is 0 Å². The molecule has 0 amide bonds. The summed E-state index contributed by atoms with van der Waals surface area (Å²) >= 11 is 0. The van der Waals surface area contributed by atoms with Crippen LogP contribution in [0.25, 0.3) is 0 Å². The van der Waals surface area contributed by atoms with E-state index in [0.29, 0.717) is 12.8 Å². The predicted octanol–water partition coefficient (Wildman–Crippen LogP) is 4.72. The van der Waals surface area contributed by atoms with Gasteiger partial charge in [-0.05, 0) is 25.0 Å². The van der Waals surface area contributed by atoms with Crippen molar-refractivity contribution in [3.8, 4) is 0 Å². The van der Waals surface area contributed by atoms with Gasteiger partial charge >= 0.3 is 23.9 Å². The topological polar surface area (TPSA) is 122 Å². The number of ketones is 1. The van der Waals surface area contributed by atoms with Crippen molar-refractivity contribution < 1.29 is 42.9 Å². The third-order valence-electron chi connectivity index (χ3n) is 5.99. The van der Waals surface area contributed by atoms with Crippen LogP contribution in [-0.2, 0) is 28.5 Å². The van der Waals surface area contributed by atoms with Gasteiger partial charge in [-0.3, -0.25) is 14.4 Å². The lowest BCUT2D eigenvalue weighted by Gasteiger charge is -2.17. The first-order valence-electron chi connectivity index (χ1n) is 12.0. The normalized spacial score (nSPS) is 17.6. The first-order chi connectivity index (χ1) is 17.3. The van der Waals surface area contributed by atoms with Crippen molar-refractivity contribution in [3.63, 3.8) is 0 Å². The average molecular weight is 494 g/mol. The lowest BCUT2D eigenvalue weighted by molar-refractivity contribution is -0.169. The van der Waals surface area contributed by atoms with Gasteiger partial charge in [0, 0.05) is 24.0 Å². The molecule has 2 unspecified atom stereocenters. The van der Waals surface area contributed by atoms with Crippen LogP contribution >= 0.6 is 0 Å². The van der Waals surface area contributed by atoms with Crippen molar-refractivity contribution in [2.75, 3.05) is 0 Å². The number of unbranched alkanes of at least 4 members (excludes halogenated alkanes) is 2. The highest BCUT2D eigenvalue weighted by Gasteiger charge is 2.41. The summed E-state index contributed by atoms with van der Waals surface area (Å²) in [5, 5.41) is 0. The molecular weight excluding hydrogens is 468 g/mol. The molecule has 0 saturated carbocycles. The molecule has 188 valence electrons. The minimum atomic E-state index is -1.37. The fraction of sp³-hybridized carbons (Fsp3) is 0.370. The van der Waals surface area contributed by atoms with Crippen molar-refractivity contribution in [2.24, 2.45) is 0 Å². The van der Waals surface area contributed by atoms with E-state index in [9.17, 15) is 24.0 Å². The average Bonchev–Trinajstić information content (AvgIpc) is 3.36. The molecule has 2 aromatic carbocycles. The molecule has 0 bridgehead atoms. The first-order valence-corrected chi connectivity index (χ1v) is 12.0. The summed E-state index contributed by atoms with van der Waals surface area (Å²) in [6.45, 7) is 3.85. The van der Waals surface area contributed by atoms with Gasteiger partial charge in [0.25, 0.3) is 12.6 Å². The second-order valence-electron chi connectivity index (χ2n) is 8.52. The number of ether oxygens (including phenoxy) is 4. The highest BCUT2D eigenvalue weighted by molar-refractivity contribution is 6.14. The van der Waals surface area contributed by atoms with E-state index < -0.39 is 42.2 Å². The van der Waals surface area contributed by atoms with E-state index in [-0.39, 0.29) is 46.2 Å². The highest BCUT2D eigenvalue weighted by atomic mass is 16.7. The van der Waals surface area contributed by atoms with Crippen LogP contribution in [0, 0.1) is 0 Å². The zero-order chi connectivity index (χ0) is 25.8. The second-order valence-corrected chi connectivity index (χ2v) is 8.52. The predicted molar refractivity (Wildman–Crippen MR) is 124 cm³/mol. The standard InChI is InChI=1S/C27H26O9/c1-3-5-13-19(28)33-26-21-15(9-7-11-17(21)24(31)35-26)23(30)16-10-8-12-18-22(16)27(36-25(18)32)34-20(29)14-6-4-2/h7-12,26-27H,3-6,13-14H2,1-2H3. The summed E-state index contributed by atoms with van der Waals surface area (Å²) in [7, 11) is 0. The van der Waals surface area contributed by atoms with E-state index in [0.717, 1.165) is 12.8 Å². The summed E-state index contributed by atoms with van der Waals surface area (Å²) in [5.41, 5.74) is 0.618. The monoisotopic (exact) mass is 494 g/mol. The molecule has 0 aliphatic carbocycles. The molecule has 2 heterocycles. The van der Waals surface area contributed by atoms with Gasteiger partial charge in [0.2, 0.25) is 0 Å². The van der Waals surface area contributed by atoms with Crippen LogP contribution in [-0.4, -0.2) is 29.7 Å². The summed E-state index contributed by atoms with van der Waals surface area (Å²) < 4.78 is 21.2. The van der Waals surface area contributed by atoms with Gasteiger partial charge in [0.15, 0.2) is 5.78 Å². The maximum atomic E-state index is 13.8. The van der Waals surface area contributed by atoms with Crippen molar-refractivity contribution in [3.05, 3.63) is 69.8 Å². The van der Waals surface area contributed by atoms with Crippen LogP contribution in [0.5, 0.6) is 0 Å². The zero-order valence-electron chi connectivity index (χ0n) is 20.0. The Kier molecular flexibility index (Phi) is 7.47. The zero-order valence-corrected chi connectivity index (χ0v) is 20.0. The van der Waals surface area contributed by atoms with E-state index in [1.54, 1.807) is 0 Å². The fourth-order valence-electron chi connectivity index (χ4n) is 4.14. The Bertz CT molecular complexity index is 1140. The molecule has 2 aliphatic heterocycles. The van der Waals surface area contributed by atoms with Gasteiger partial charge in [-0.25, -0.2) is 9.59 Å². The number of hydrogen-bond donors (Lipinski definition) is 0. The molecule has 0 spiro atoms. The summed E-state index contributed by atoms with van der Waals surface area (Å²) in [6, 6.07) is 8.96. The molecule has 36 heavy (non-hydrogen) atoms. The lowest BCUT2D eigenvalue weighted by Crippen LogP contribution is -2.17. The molecule has 9 nitrogen and oxygen atoms in total. The van der Waals surface area contributed by atoms with Crippen molar-refractivity contribution in [1.29, 1.82) is 0 Å². The first kappa shape index (κ1) is 25.1. The van der Waals surface area contributed by atoms with Gasteiger partial charge in [-0.15, -0.1) is 0 Å². The largest absolute Gasteiger partial charge is 0.420 e. The van der Waals surface area contributed by atoms with Crippen LogP contribution in [0.4, 0.5) is 0 Å². The Morgan fingerprint density at radius 2 is 1.14 bits per heavy atom. The Morgan fingerprint density at radius 3 is 1.53 bits per heavy atom. The smallest absolute Gasteiger partial charge is 0.342 e. The minimum absolute atomic E-state index is 0.0652. The highest BCUT2D eigenvalue weighted by Crippen LogP contribution is 2.39. The van der Waals surface area contributed by atoms with E-state index in [1.807, 2.05) is 13.8 Å². The molecule has 4 rings (SSSR count). The second kappa shape index (κ2) is 10.7. The van der Waals surface area contributed by atoms with Crippen LogP contribution in [0.1, 0.15) is 113 Å². The van der Waals surface area contributed by atoms with Crippen molar-refractivity contribution in [1.82, 2.24) is 0 Å². The van der Waals surface area contributed by atoms with E-state index >= 15 is 0 Å². The third-order valence-corrected chi connectivity index (χ3v) is 5.99. The fourth-order valence-corrected chi connectivity index (χ4v) is 4.14. The minimum Gasteiger partial charge on any atom is -0.420 e. The number of carbonyl (C=O) groups excluding carboxylic acids is 5. The van der Waals surface area contributed by atoms with E-state index in [2.05, 4.69) is 0 Å². The number of cyclic esters (lactones) is 2. The van der Waals surface area contributed by atoms with Crippen LogP contribution in [0.2, 0.25) is 0 Å². The molecule has 2 aromatic rings. The van der Waals surface area contributed by atoms with E-state index in [4.69, 9.17) is 18.9 Å². The molecule has 0 aromatic heterocycles. The molecule has 0 N–H and O–H groups in total. The van der Waals surface area contributed by atoms with E-state index in [1.165, 1.54) is 36.4 Å². The number of benzene rings is 2. The number of esters is 4. The van der Waals surface area contributed by atoms with Gasteiger partial charge < -0.3 is 18.9 Å². The number of fused-ring (bicyclic) bond motifs is 2. The molecule has 2 atom stereocenters. The van der Waals surface area contributed by atoms with Gasteiger partial charge in [-0.1, -0.05) is 51.0 Å². The van der Waals surface area contributed by atoms with Crippen LogP contribution < -0.4 is 0 Å². The summed E-state index contributed by atoms with van der Waals surface area (Å²) in [5.74, 6) is -3.10. The molecule has 0 fully saturated rings. The molecule has 0 radical (unpaired) electrons. The molecule has 9 heteroatoms. The molecular formula is C27H26O9. The maximum Gasteiger partial charge on any atom is 0.342 e. The Morgan fingerprint density at radius 1 is 0.722 bits per heavy atom. The molecule has 2 aliphatic rings. The van der Waals surface area contributed by atoms with Crippen molar-refractivity contribution >= 4 is 29.7 Å². The maximum absolute atomic E-state index is 13.8.